The molecule has 0 aliphatic carbocycles. The number of para-hydroxylation sites is 1. The second kappa shape index (κ2) is 7.51. The zero-order valence-corrected chi connectivity index (χ0v) is 12.0. The molecule has 3 nitrogen and oxygen atoms in total. The summed E-state index contributed by atoms with van der Waals surface area (Å²) in [4.78, 5) is 13.2. The maximum Gasteiger partial charge on any atom is 0.242 e. The molecule has 1 aromatic carbocycles. The largest absolute Gasteiger partial charge is 0.383 e. The van der Waals surface area contributed by atoms with Crippen LogP contribution in [0.5, 0.6) is 0 Å². The second-order valence-corrected chi connectivity index (χ2v) is 4.22. The molecule has 1 aromatic rings. The van der Waals surface area contributed by atoms with E-state index in [0.29, 0.717) is 22.4 Å². The summed E-state index contributed by atoms with van der Waals surface area (Å²) >= 11 is 5.67. The van der Waals surface area contributed by atoms with E-state index < -0.39 is 31.2 Å². The normalized spacial score (nSPS) is 20.0. The number of ether oxygens (including phenoxy) is 1. The van der Waals surface area contributed by atoms with Crippen molar-refractivity contribution in [3.63, 3.8) is 0 Å². The number of halogens is 1. The van der Waals surface area contributed by atoms with Gasteiger partial charge in [0.25, 0.3) is 0 Å². The second-order valence-electron chi connectivity index (χ2n) is 3.95. The number of aryl methyl sites for hydroxylation is 2. The predicted octanol–water partition coefficient (Wildman–Crippen LogP) is 3.16. The van der Waals surface area contributed by atoms with Crippen molar-refractivity contribution in [3.8, 4) is 0 Å². The highest BCUT2D eigenvalue weighted by Crippen LogP contribution is 2.28. The van der Waals surface area contributed by atoms with Gasteiger partial charge in [-0.05, 0) is 31.3 Å². The summed E-state index contributed by atoms with van der Waals surface area (Å²) in [5.74, 6) is -1.49. The molecule has 1 unspecified atom stereocenters. The van der Waals surface area contributed by atoms with Gasteiger partial charge in [0.05, 0.1) is 22.4 Å². The van der Waals surface area contributed by atoms with Gasteiger partial charge >= 0.3 is 0 Å². The molecule has 0 N–H and O–H groups in total. The molecular weight excluding hydrogens is 262 g/mol. The van der Waals surface area contributed by atoms with Crippen molar-refractivity contribution in [3.05, 3.63) is 29.3 Å². The Morgan fingerprint density at radius 1 is 1.68 bits per heavy atom. The summed E-state index contributed by atoms with van der Waals surface area (Å²) in [5.41, 5.74) is 1.31. The fourth-order valence-electron chi connectivity index (χ4n) is 1.89. The lowest BCUT2D eigenvalue weighted by Gasteiger charge is -2.31. The lowest BCUT2D eigenvalue weighted by atomic mass is 10.0. The van der Waals surface area contributed by atoms with Crippen molar-refractivity contribution in [1.29, 1.82) is 0 Å². The molecule has 0 aliphatic heterocycles. The SMILES string of the molecule is [2H]C([2H])([2H])C([2H])(N(C(=O)CCl)c1c(C)cccc1CC)C([2H])([2H])OC. The Hall–Kier alpha value is -1.06. The van der Waals surface area contributed by atoms with Crippen molar-refractivity contribution < 1.29 is 17.8 Å². The van der Waals surface area contributed by atoms with Gasteiger partial charge in [-0.3, -0.25) is 4.79 Å². The van der Waals surface area contributed by atoms with Crippen LogP contribution in [0, 0.1) is 6.92 Å². The quantitative estimate of drug-likeness (QED) is 0.753. The summed E-state index contributed by atoms with van der Waals surface area (Å²) in [6.45, 7) is -2.71. The van der Waals surface area contributed by atoms with E-state index in [1.54, 1.807) is 25.1 Å². The van der Waals surface area contributed by atoms with Gasteiger partial charge in [0.15, 0.2) is 0 Å². The van der Waals surface area contributed by atoms with Crippen LogP contribution >= 0.6 is 11.6 Å². The van der Waals surface area contributed by atoms with Gasteiger partial charge in [-0.25, -0.2) is 0 Å². The van der Waals surface area contributed by atoms with Crippen molar-refractivity contribution in [2.24, 2.45) is 0 Å². The van der Waals surface area contributed by atoms with Crippen LogP contribution in [-0.4, -0.2) is 31.5 Å². The topological polar surface area (TPSA) is 29.5 Å². The van der Waals surface area contributed by atoms with E-state index >= 15 is 0 Å². The van der Waals surface area contributed by atoms with Crippen molar-refractivity contribution >= 4 is 23.2 Å². The molecule has 0 aliphatic rings. The highest BCUT2D eigenvalue weighted by atomic mass is 35.5. The molecule has 1 rings (SSSR count). The summed E-state index contributed by atoms with van der Waals surface area (Å²) in [7, 11) is 0.955. The van der Waals surface area contributed by atoms with Gasteiger partial charge in [0.1, 0.15) is 5.88 Å². The van der Waals surface area contributed by atoms with Gasteiger partial charge in [0, 0.05) is 11.2 Å². The third-order valence-corrected chi connectivity index (χ3v) is 2.94. The van der Waals surface area contributed by atoms with Crippen molar-refractivity contribution in [1.82, 2.24) is 0 Å². The number of carbonyl (C=O) groups excluding carboxylic acids is 1. The Morgan fingerprint density at radius 3 is 2.95 bits per heavy atom. The van der Waals surface area contributed by atoms with E-state index in [1.807, 2.05) is 6.92 Å². The Labute approximate surface area is 128 Å². The maximum absolute atomic E-state index is 12.6. The molecular formula is C15H22ClNO2. The molecule has 0 bridgehead atoms. The van der Waals surface area contributed by atoms with Gasteiger partial charge in [-0.1, -0.05) is 25.1 Å². The standard InChI is InChI=1S/C15H22ClNO2/c1-5-13-8-6-7-11(2)15(13)17(14(18)9-16)12(3)10-19-4/h6-8,12H,5,9-10H2,1-4H3/i3D3,10D2,12D. The highest BCUT2D eigenvalue weighted by molar-refractivity contribution is 6.29. The van der Waals surface area contributed by atoms with Gasteiger partial charge < -0.3 is 9.64 Å². The van der Waals surface area contributed by atoms with Crippen LogP contribution in [0.25, 0.3) is 0 Å². The molecule has 0 spiro atoms. The number of methoxy groups -OCH3 is 1. The summed E-state index contributed by atoms with van der Waals surface area (Å²) in [6.07, 6.45) is 0.455. The number of hydrogen-bond donors (Lipinski definition) is 0. The number of amides is 1. The maximum atomic E-state index is 12.6. The van der Waals surface area contributed by atoms with E-state index in [1.165, 1.54) is 0 Å². The summed E-state index contributed by atoms with van der Waals surface area (Å²) in [6, 6.07) is 2.06. The average Bonchev–Trinajstić information content (AvgIpc) is 2.54. The number of alkyl halides is 1. The molecule has 19 heavy (non-hydrogen) atoms. The Kier molecular flexibility index (Phi) is 3.55. The number of benzene rings is 1. The highest BCUT2D eigenvalue weighted by Gasteiger charge is 2.24. The summed E-state index contributed by atoms with van der Waals surface area (Å²) < 4.78 is 52.6. The first kappa shape index (κ1) is 8.98. The first-order valence-electron chi connectivity index (χ1n) is 8.91. The molecule has 0 radical (unpaired) electrons. The molecule has 1 atom stereocenters. The Bertz CT molecular complexity index is 637. The van der Waals surface area contributed by atoms with Crippen LogP contribution < -0.4 is 4.90 Å². The molecule has 106 valence electrons. The van der Waals surface area contributed by atoms with Crippen LogP contribution in [0.3, 0.4) is 0 Å². The molecule has 1 amide bonds. The predicted molar refractivity (Wildman–Crippen MR) is 80.1 cm³/mol. The number of nitrogens with zero attached hydrogens (tertiary/aromatic N) is 1. The van der Waals surface area contributed by atoms with Crippen LogP contribution in [0.2, 0.25) is 0 Å². The summed E-state index contributed by atoms with van der Waals surface area (Å²) in [5, 5.41) is 0. The van der Waals surface area contributed by atoms with Crippen LogP contribution in [0.15, 0.2) is 18.2 Å². The van der Waals surface area contributed by atoms with Gasteiger partial charge in [-0.15, -0.1) is 11.6 Å². The molecule has 0 fully saturated rings. The van der Waals surface area contributed by atoms with Gasteiger partial charge in [-0.2, -0.15) is 0 Å². The van der Waals surface area contributed by atoms with Crippen LogP contribution in [0.4, 0.5) is 5.69 Å². The third kappa shape index (κ3) is 3.71. The molecule has 0 aromatic heterocycles. The number of carbonyl (C=O) groups is 1. The third-order valence-electron chi connectivity index (χ3n) is 2.71. The molecule has 0 saturated carbocycles. The first-order valence-corrected chi connectivity index (χ1v) is 6.45. The zero-order valence-electron chi connectivity index (χ0n) is 17.3. The van der Waals surface area contributed by atoms with E-state index in [-0.39, 0.29) is 5.69 Å². The van der Waals surface area contributed by atoms with E-state index in [2.05, 4.69) is 4.74 Å². The lowest BCUT2D eigenvalue weighted by molar-refractivity contribution is -0.116. The fraction of sp³-hybridized carbons (Fsp3) is 0.533. The smallest absolute Gasteiger partial charge is 0.242 e. The monoisotopic (exact) mass is 289 g/mol. The van der Waals surface area contributed by atoms with Crippen LogP contribution in [0.1, 0.15) is 33.1 Å². The van der Waals surface area contributed by atoms with E-state index in [9.17, 15) is 4.79 Å². The number of hydrogen-bond acceptors (Lipinski definition) is 2. The number of anilines is 1. The van der Waals surface area contributed by atoms with E-state index in [0.717, 1.165) is 7.11 Å². The minimum atomic E-state index is -3.21. The fourth-order valence-corrected chi connectivity index (χ4v) is 2.01. The van der Waals surface area contributed by atoms with Gasteiger partial charge in [0.2, 0.25) is 5.91 Å². The first-order chi connectivity index (χ1) is 11.4. The minimum Gasteiger partial charge on any atom is -0.383 e. The molecule has 0 heterocycles. The van der Waals surface area contributed by atoms with Crippen molar-refractivity contribution in [2.75, 3.05) is 24.4 Å². The zero-order chi connectivity index (χ0) is 19.6. The Morgan fingerprint density at radius 2 is 2.42 bits per heavy atom. The lowest BCUT2D eigenvalue weighted by Crippen LogP contribution is -2.43. The minimum absolute atomic E-state index is 0.169. The molecule has 4 heteroatoms. The van der Waals surface area contributed by atoms with Crippen molar-refractivity contribution in [2.45, 2.75) is 33.1 Å². The Balaban J connectivity index is 3.90. The average molecular weight is 290 g/mol. The molecule has 0 saturated heterocycles. The number of rotatable bonds is 6. The van der Waals surface area contributed by atoms with Crippen LogP contribution in [-0.2, 0) is 16.0 Å². The van der Waals surface area contributed by atoms with E-state index in [4.69, 9.17) is 19.8 Å².